The Labute approximate surface area is 83.5 Å². The van der Waals surface area contributed by atoms with Crippen molar-refractivity contribution in [1.82, 2.24) is 0 Å². The molecule has 0 aromatic rings. The van der Waals surface area contributed by atoms with Crippen LogP contribution in [-0.2, 0) is 14.3 Å². The van der Waals surface area contributed by atoms with Crippen LogP contribution in [0, 0.1) is 0 Å². The van der Waals surface area contributed by atoms with Crippen LogP contribution in [-0.4, -0.2) is 56.9 Å². The summed E-state index contributed by atoms with van der Waals surface area (Å²) < 4.78 is 25.3. The van der Waals surface area contributed by atoms with E-state index in [2.05, 4.69) is 4.18 Å². The maximum atomic E-state index is 10.5. The largest absolute Gasteiger partial charge is 0.328 e. The number of hydrogen-bond donors (Lipinski definition) is 1. The molecule has 0 amide bonds. The Morgan fingerprint density at radius 2 is 2.00 bits per heavy atom. The van der Waals surface area contributed by atoms with E-state index in [1.807, 2.05) is 0 Å². The van der Waals surface area contributed by atoms with Crippen molar-refractivity contribution in [3.63, 3.8) is 0 Å². The molecule has 0 atom stereocenters. The minimum atomic E-state index is -3.26. The summed E-state index contributed by atoms with van der Waals surface area (Å²) in [5.41, 5.74) is 5.00. The van der Waals surface area contributed by atoms with Gasteiger partial charge in [0.25, 0.3) is 10.1 Å². The van der Waals surface area contributed by atoms with Crippen LogP contribution < -0.4 is 5.73 Å². The van der Waals surface area contributed by atoms with Gasteiger partial charge in [-0.15, -0.1) is 0 Å². The van der Waals surface area contributed by atoms with Crippen LogP contribution in [0.25, 0.3) is 0 Å². The average Bonchev–Trinajstić information content (AvgIpc) is 1.84. The van der Waals surface area contributed by atoms with E-state index < -0.39 is 10.1 Å². The molecule has 0 aliphatic carbocycles. The summed E-state index contributed by atoms with van der Waals surface area (Å²) in [5.74, 6) is 0.00694. The van der Waals surface area contributed by atoms with Gasteiger partial charge in [-0.1, -0.05) is 0 Å². The maximum absolute atomic E-state index is 10.5. The summed E-state index contributed by atoms with van der Waals surface area (Å²) in [4.78, 5) is 0. The second kappa shape index (κ2) is 6.57. The predicted octanol–water partition coefficient (Wildman–Crippen LogP) is -1.07. The molecule has 0 heterocycles. The molecule has 0 bridgehead atoms. The molecular formula is C4H11NNaO3S. The third-order valence-electron chi connectivity index (χ3n) is 0.734. The quantitative estimate of drug-likeness (QED) is 0.437. The zero-order valence-electron chi connectivity index (χ0n) is 6.33. The SMILES string of the molecule is CCS(=O)(=O)OCCN.[Na]. The van der Waals surface area contributed by atoms with E-state index in [0.717, 1.165) is 0 Å². The molecule has 0 aliphatic heterocycles. The van der Waals surface area contributed by atoms with Gasteiger partial charge >= 0.3 is 0 Å². The Hall–Kier alpha value is 0.870. The van der Waals surface area contributed by atoms with Crippen molar-refractivity contribution < 1.29 is 12.6 Å². The minimum absolute atomic E-state index is 0. The molecule has 0 rings (SSSR count). The van der Waals surface area contributed by atoms with E-state index in [1.165, 1.54) is 6.92 Å². The molecule has 4 nitrogen and oxygen atoms in total. The van der Waals surface area contributed by atoms with Crippen LogP contribution in [0.1, 0.15) is 6.92 Å². The maximum Gasteiger partial charge on any atom is 0.267 e. The predicted molar refractivity (Wildman–Crippen MR) is 40.2 cm³/mol. The molecule has 0 fully saturated rings. The fraction of sp³-hybridized carbons (Fsp3) is 1.00. The Morgan fingerprint density at radius 1 is 1.50 bits per heavy atom. The Bertz CT molecular complexity index is 156. The molecule has 1 radical (unpaired) electrons. The normalized spacial score (nSPS) is 10.6. The fourth-order valence-corrected chi connectivity index (χ4v) is 0.775. The van der Waals surface area contributed by atoms with E-state index in [1.54, 1.807) is 0 Å². The molecule has 10 heavy (non-hydrogen) atoms. The monoisotopic (exact) mass is 176 g/mol. The Balaban J connectivity index is 0. The van der Waals surface area contributed by atoms with Gasteiger partial charge in [-0.3, -0.25) is 4.18 Å². The molecule has 0 saturated heterocycles. The van der Waals surface area contributed by atoms with Crippen LogP contribution in [0.5, 0.6) is 0 Å². The van der Waals surface area contributed by atoms with E-state index in [4.69, 9.17) is 5.73 Å². The van der Waals surface area contributed by atoms with Crippen molar-refractivity contribution in [3.05, 3.63) is 0 Å². The molecule has 0 unspecified atom stereocenters. The Morgan fingerprint density at radius 3 is 2.30 bits per heavy atom. The first kappa shape index (κ1) is 13.5. The summed E-state index contributed by atoms with van der Waals surface area (Å²) in [6, 6.07) is 0. The number of rotatable bonds is 4. The van der Waals surface area contributed by atoms with Crippen molar-refractivity contribution in [2.45, 2.75) is 6.92 Å². The molecular weight excluding hydrogens is 165 g/mol. The van der Waals surface area contributed by atoms with Crippen LogP contribution in [0.3, 0.4) is 0 Å². The first-order valence-corrected chi connectivity index (χ1v) is 4.27. The van der Waals surface area contributed by atoms with E-state index in [9.17, 15) is 8.42 Å². The van der Waals surface area contributed by atoms with E-state index in [0.29, 0.717) is 0 Å². The van der Waals surface area contributed by atoms with Gasteiger partial charge < -0.3 is 5.73 Å². The molecule has 2 N–H and O–H groups in total. The molecule has 6 heteroatoms. The molecule has 0 saturated carbocycles. The fourth-order valence-electron chi connectivity index (χ4n) is 0.258. The Kier molecular flexibility index (Phi) is 8.85. The first-order chi connectivity index (χ1) is 4.12. The second-order valence-corrected chi connectivity index (χ2v) is 3.39. The summed E-state index contributed by atoms with van der Waals surface area (Å²) >= 11 is 0. The van der Waals surface area contributed by atoms with Gasteiger partial charge in [-0.25, -0.2) is 0 Å². The van der Waals surface area contributed by atoms with Gasteiger partial charge in [0.1, 0.15) is 0 Å². The number of hydrogen-bond acceptors (Lipinski definition) is 4. The van der Waals surface area contributed by atoms with Gasteiger partial charge in [0, 0.05) is 36.1 Å². The van der Waals surface area contributed by atoms with Gasteiger partial charge in [0.05, 0.1) is 12.4 Å². The van der Waals surface area contributed by atoms with Crippen molar-refractivity contribution in [2.24, 2.45) is 5.73 Å². The van der Waals surface area contributed by atoms with E-state index in [-0.39, 0.29) is 48.5 Å². The molecule has 0 aliphatic rings. The zero-order chi connectivity index (χ0) is 7.33. The van der Waals surface area contributed by atoms with E-state index >= 15 is 0 Å². The molecule has 57 valence electrons. The van der Waals surface area contributed by atoms with Crippen LogP contribution >= 0.6 is 0 Å². The summed E-state index contributed by atoms with van der Waals surface area (Å²) in [7, 11) is -3.26. The van der Waals surface area contributed by atoms with Crippen LogP contribution in [0.2, 0.25) is 0 Å². The number of nitrogens with two attached hydrogens (primary N) is 1. The second-order valence-electron chi connectivity index (χ2n) is 1.46. The standard InChI is InChI=1S/C4H11NO3S.Na/c1-2-9(6,7)8-4-3-5;/h2-5H2,1H3;. The van der Waals surface area contributed by atoms with Gasteiger partial charge in [-0.05, 0) is 6.92 Å². The van der Waals surface area contributed by atoms with Gasteiger partial charge in [0.15, 0.2) is 0 Å². The third-order valence-corrected chi connectivity index (χ3v) is 1.97. The topological polar surface area (TPSA) is 69.4 Å². The van der Waals surface area contributed by atoms with Crippen molar-refractivity contribution in [1.29, 1.82) is 0 Å². The first-order valence-electron chi connectivity index (χ1n) is 2.69. The van der Waals surface area contributed by atoms with Crippen LogP contribution in [0.4, 0.5) is 0 Å². The van der Waals surface area contributed by atoms with Crippen molar-refractivity contribution in [2.75, 3.05) is 18.9 Å². The van der Waals surface area contributed by atoms with Gasteiger partial charge in [0.2, 0.25) is 0 Å². The van der Waals surface area contributed by atoms with Crippen molar-refractivity contribution >= 4 is 39.7 Å². The smallest absolute Gasteiger partial charge is 0.267 e. The molecule has 0 aromatic carbocycles. The van der Waals surface area contributed by atoms with Crippen molar-refractivity contribution in [3.8, 4) is 0 Å². The minimum Gasteiger partial charge on any atom is -0.328 e. The summed E-state index contributed by atoms with van der Waals surface area (Å²) in [6.45, 7) is 1.83. The third kappa shape index (κ3) is 6.98. The van der Waals surface area contributed by atoms with Gasteiger partial charge in [-0.2, -0.15) is 8.42 Å². The summed E-state index contributed by atoms with van der Waals surface area (Å²) in [6.07, 6.45) is 0. The zero-order valence-corrected chi connectivity index (χ0v) is 9.15. The molecule has 0 spiro atoms. The average molecular weight is 176 g/mol. The summed E-state index contributed by atoms with van der Waals surface area (Å²) in [5, 5.41) is 0. The van der Waals surface area contributed by atoms with Crippen LogP contribution in [0.15, 0.2) is 0 Å². The molecule has 0 aromatic heterocycles.